The van der Waals surface area contributed by atoms with Crippen molar-refractivity contribution in [2.45, 2.75) is 0 Å². The summed E-state index contributed by atoms with van der Waals surface area (Å²) in [5.41, 5.74) is 0.513. The fourth-order valence-corrected chi connectivity index (χ4v) is 1.85. The molecule has 19 heavy (non-hydrogen) atoms. The first kappa shape index (κ1) is 13.5. The Kier molecular flexibility index (Phi) is 4.50. The summed E-state index contributed by atoms with van der Waals surface area (Å²) in [6.45, 7) is 1.59. The van der Waals surface area contributed by atoms with Gasteiger partial charge in [-0.25, -0.2) is 4.39 Å². The highest BCUT2D eigenvalue weighted by Crippen LogP contribution is 2.14. The van der Waals surface area contributed by atoms with Gasteiger partial charge in [0, 0.05) is 18.7 Å². The topological polar surface area (TPSA) is 49.8 Å². The first-order valence-corrected chi connectivity index (χ1v) is 5.98. The Morgan fingerprint density at radius 1 is 1.42 bits per heavy atom. The molecular weight excluding hydrogens is 249 g/mol. The first-order valence-electron chi connectivity index (χ1n) is 5.98. The van der Waals surface area contributed by atoms with Crippen molar-refractivity contribution in [3.63, 3.8) is 0 Å². The summed E-state index contributed by atoms with van der Waals surface area (Å²) in [4.78, 5) is 13.7. The van der Waals surface area contributed by atoms with E-state index in [-0.39, 0.29) is 18.1 Å². The van der Waals surface area contributed by atoms with Gasteiger partial charge in [0.2, 0.25) is 0 Å². The number of benzene rings is 1. The second kappa shape index (κ2) is 6.32. The fraction of sp³-hybridized carbons (Fsp3) is 0.357. The molecule has 1 aromatic rings. The lowest BCUT2D eigenvalue weighted by atomic mass is 10.1. The summed E-state index contributed by atoms with van der Waals surface area (Å²) in [6.07, 6.45) is 0. The predicted molar refractivity (Wildman–Crippen MR) is 67.1 cm³/mol. The van der Waals surface area contributed by atoms with Crippen molar-refractivity contribution in [1.82, 2.24) is 4.90 Å². The SMILES string of the molecule is O=C(c1cc(C#CCO)ccc1F)N1CCOCC1. The molecule has 1 N–H and O–H groups in total. The van der Waals surface area contributed by atoms with Gasteiger partial charge in [-0.3, -0.25) is 4.79 Å². The fourth-order valence-electron chi connectivity index (χ4n) is 1.85. The van der Waals surface area contributed by atoms with Crippen molar-refractivity contribution in [2.75, 3.05) is 32.9 Å². The number of ether oxygens (including phenoxy) is 1. The molecule has 0 aromatic heterocycles. The van der Waals surface area contributed by atoms with Crippen LogP contribution in [0, 0.1) is 17.7 Å². The maximum absolute atomic E-state index is 13.7. The molecule has 1 heterocycles. The van der Waals surface area contributed by atoms with E-state index in [1.807, 2.05) is 0 Å². The van der Waals surface area contributed by atoms with Crippen LogP contribution >= 0.6 is 0 Å². The normalized spacial score (nSPS) is 14.7. The van der Waals surface area contributed by atoms with E-state index in [0.29, 0.717) is 31.9 Å². The van der Waals surface area contributed by atoms with Gasteiger partial charge in [-0.2, -0.15) is 0 Å². The zero-order valence-corrected chi connectivity index (χ0v) is 10.4. The van der Waals surface area contributed by atoms with Gasteiger partial charge in [-0.15, -0.1) is 0 Å². The van der Waals surface area contributed by atoms with Crippen LogP contribution in [0.15, 0.2) is 18.2 Å². The number of carbonyl (C=O) groups excluding carboxylic acids is 1. The Morgan fingerprint density at radius 3 is 2.84 bits per heavy atom. The van der Waals surface area contributed by atoms with Crippen LogP contribution in [0.5, 0.6) is 0 Å². The number of hydrogen-bond donors (Lipinski definition) is 1. The highest BCUT2D eigenvalue weighted by molar-refractivity contribution is 5.95. The van der Waals surface area contributed by atoms with Gasteiger partial charge in [-0.05, 0) is 18.2 Å². The van der Waals surface area contributed by atoms with Crippen LogP contribution in [0.3, 0.4) is 0 Å². The van der Waals surface area contributed by atoms with Crippen LogP contribution in [-0.4, -0.2) is 48.8 Å². The molecule has 2 rings (SSSR count). The molecule has 0 saturated carbocycles. The number of aliphatic hydroxyl groups excluding tert-OH is 1. The van der Waals surface area contributed by atoms with Gasteiger partial charge >= 0.3 is 0 Å². The van der Waals surface area contributed by atoms with Crippen LogP contribution in [-0.2, 0) is 4.74 Å². The Bertz CT molecular complexity index is 527. The van der Waals surface area contributed by atoms with E-state index < -0.39 is 5.82 Å². The number of amides is 1. The largest absolute Gasteiger partial charge is 0.384 e. The van der Waals surface area contributed by atoms with Crippen LogP contribution in [0.1, 0.15) is 15.9 Å². The van der Waals surface area contributed by atoms with Crippen molar-refractivity contribution in [2.24, 2.45) is 0 Å². The van der Waals surface area contributed by atoms with E-state index in [1.54, 1.807) is 4.90 Å². The molecule has 0 radical (unpaired) electrons. The number of nitrogens with zero attached hydrogens (tertiary/aromatic N) is 1. The van der Waals surface area contributed by atoms with Gasteiger partial charge in [0.05, 0.1) is 18.8 Å². The quantitative estimate of drug-likeness (QED) is 0.757. The molecule has 4 nitrogen and oxygen atoms in total. The summed E-state index contributed by atoms with van der Waals surface area (Å²) < 4.78 is 18.9. The molecule has 0 unspecified atom stereocenters. The number of aliphatic hydroxyl groups is 1. The van der Waals surface area contributed by atoms with E-state index in [1.165, 1.54) is 18.2 Å². The molecule has 0 aliphatic carbocycles. The Balaban J connectivity index is 2.24. The van der Waals surface area contributed by atoms with Crippen molar-refractivity contribution < 1.29 is 19.0 Å². The molecule has 100 valence electrons. The lowest BCUT2D eigenvalue weighted by molar-refractivity contribution is 0.0300. The second-order valence-corrected chi connectivity index (χ2v) is 4.06. The predicted octanol–water partition coefficient (Wildman–Crippen LogP) is 0.642. The molecule has 0 bridgehead atoms. The molecule has 1 amide bonds. The summed E-state index contributed by atoms with van der Waals surface area (Å²) >= 11 is 0. The molecule has 1 aliphatic heterocycles. The van der Waals surface area contributed by atoms with Crippen molar-refractivity contribution >= 4 is 5.91 Å². The smallest absolute Gasteiger partial charge is 0.257 e. The number of rotatable bonds is 1. The highest BCUT2D eigenvalue weighted by Gasteiger charge is 2.21. The first-order chi connectivity index (χ1) is 9.22. The van der Waals surface area contributed by atoms with Crippen molar-refractivity contribution in [3.05, 3.63) is 35.1 Å². The molecular formula is C14H14FNO3. The van der Waals surface area contributed by atoms with E-state index in [9.17, 15) is 9.18 Å². The average Bonchev–Trinajstić information content (AvgIpc) is 2.46. The van der Waals surface area contributed by atoms with Gasteiger partial charge in [0.15, 0.2) is 0 Å². The highest BCUT2D eigenvalue weighted by atomic mass is 19.1. The van der Waals surface area contributed by atoms with Gasteiger partial charge in [0.1, 0.15) is 12.4 Å². The molecule has 0 atom stereocenters. The number of carbonyl (C=O) groups is 1. The summed E-state index contributed by atoms with van der Waals surface area (Å²) in [7, 11) is 0. The van der Waals surface area contributed by atoms with Crippen LogP contribution in [0.4, 0.5) is 4.39 Å². The number of hydrogen-bond acceptors (Lipinski definition) is 3. The van der Waals surface area contributed by atoms with Crippen LogP contribution < -0.4 is 0 Å². The van der Waals surface area contributed by atoms with E-state index in [2.05, 4.69) is 11.8 Å². The summed E-state index contributed by atoms with van der Waals surface area (Å²) in [5.74, 6) is 4.21. The zero-order chi connectivity index (χ0) is 13.7. The maximum atomic E-state index is 13.7. The van der Waals surface area contributed by atoms with Crippen LogP contribution in [0.2, 0.25) is 0 Å². The number of halogens is 1. The minimum Gasteiger partial charge on any atom is -0.384 e. The van der Waals surface area contributed by atoms with Crippen molar-refractivity contribution in [1.29, 1.82) is 0 Å². The van der Waals surface area contributed by atoms with Gasteiger partial charge in [-0.1, -0.05) is 11.8 Å². The second-order valence-electron chi connectivity index (χ2n) is 4.06. The minimum absolute atomic E-state index is 0.00615. The third kappa shape index (κ3) is 3.31. The maximum Gasteiger partial charge on any atom is 0.257 e. The van der Waals surface area contributed by atoms with Gasteiger partial charge in [0.25, 0.3) is 5.91 Å². The molecule has 1 saturated heterocycles. The Morgan fingerprint density at radius 2 is 2.16 bits per heavy atom. The zero-order valence-electron chi connectivity index (χ0n) is 10.4. The average molecular weight is 263 g/mol. The Labute approximate surface area is 110 Å². The molecule has 1 aromatic carbocycles. The standard InChI is InChI=1S/C14H14FNO3/c15-13-4-3-11(2-1-7-17)10-12(13)14(18)16-5-8-19-9-6-16/h3-4,10,17H,5-9H2. The Hall–Kier alpha value is -1.90. The van der Waals surface area contributed by atoms with Crippen molar-refractivity contribution in [3.8, 4) is 11.8 Å². The van der Waals surface area contributed by atoms with Crippen LogP contribution in [0.25, 0.3) is 0 Å². The minimum atomic E-state index is -0.564. The number of morpholine rings is 1. The van der Waals surface area contributed by atoms with E-state index in [4.69, 9.17) is 9.84 Å². The summed E-state index contributed by atoms with van der Waals surface area (Å²) in [5, 5.41) is 8.63. The lowest BCUT2D eigenvalue weighted by Crippen LogP contribution is -2.41. The van der Waals surface area contributed by atoms with E-state index in [0.717, 1.165) is 0 Å². The van der Waals surface area contributed by atoms with E-state index >= 15 is 0 Å². The molecule has 1 fully saturated rings. The summed E-state index contributed by atoms with van der Waals surface area (Å²) in [6, 6.07) is 4.11. The monoisotopic (exact) mass is 263 g/mol. The third-order valence-corrected chi connectivity index (χ3v) is 2.81. The molecule has 0 spiro atoms. The third-order valence-electron chi connectivity index (χ3n) is 2.81. The lowest BCUT2D eigenvalue weighted by Gasteiger charge is -2.27. The molecule has 1 aliphatic rings. The van der Waals surface area contributed by atoms with Gasteiger partial charge < -0.3 is 14.7 Å². The molecule has 5 heteroatoms.